The fourth-order valence-electron chi connectivity index (χ4n) is 2.03. The van der Waals surface area contributed by atoms with E-state index in [9.17, 15) is 9.18 Å². The number of benzene rings is 2. The Morgan fingerprint density at radius 1 is 1.29 bits per heavy atom. The van der Waals surface area contributed by atoms with Crippen molar-refractivity contribution in [2.45, 2.75) is 6.42 Å². The van der Waals surface area contributed by atoms with Crippen LogP contribution in [0.5, 0.6) is 0 Å². The molecule has 0 atom stereocenters. The number of nitrogen functional groups attached to an aromatic ring is 1. The lowest BCUT2D eigenvalue weighted by atomic mass is 10.1. The summed E-state index contributed by atoms with van der Waals surface area (Å²) in [6.45, 7) is 0.567. The molecule has 0 bridgehead atoms. The molecule has 0 saturated heterocycles. The van der Waals surface area contributed by atoms with E-state index in [1.54, 1.807) is 24.3 Å². The SMILES string of the molecule is COC(=O)c1cc(N)ccc1NCCc1cccc(F)c1. The van der Waals surface area contributed by atoms with E-state index in [0.717, 1.165) is 5.56 Å². The van der Waals surface area contributed by atoms with Gasteiger partial charge in [0.1, 0.15) is 5.82 Å². The summed E-state index contributed by atoms with van der Waals surface area (Å²) in [5.74, 6) is -0.703. The van der Waals surface area contributed by atoms with Crippen LogP contribution in [0.2, 0.25) is 0 Å². The second-order valence-corrected chi connectivity index (χ2v) is 4.60. The van der Waals surface area contributed by atoms with Gasteiger partial charge in [0.25, 0.3) is 0 Å². The van der Waals surface area contributed by atoms with Crippen molar-refractivity contribution in [3.05, 3.63) is 59.4 Å². The number of carbonyl (C=O) groups excluding carboxylic acids is 1. The molecular weight excluding hydrogens is 271 g/mol. The molecule has 110 valence electrons. The molecule has 4 nitrogen and oxygen atoms in total. The maximum atomic E-state index is 13.1. The van der Waals surface area contributed by atoms with E-state index in [-0.39, 0.29) is 5.82 Å². The van der Waals surface area contributed by atoms with Gasteiger partial charge in [0.05, 0.1) is 12.7 Å². The highest BCUT2D eigenvalue weighted by Crippen LogP contribution is 2.20. The highest BCUT2D eigenvalue weighted by atomic mass is 19.1. The zero-order valence-corrected chi connectivity index (χ0v) is 11.7. The summed E-state index contributed by atoms with van der Waals surface area (Å²) in [5.41, 5.74) is 8.09. The van der Waals surface area contributed by atoms with E-state index < -0.39 is 5.97 Å². The molecular formula is C16H17FN2O2. The molecule has 0 aliphatic carbocycles. The van der Waals surface area contributed by atoms with Gasteiger partial charge in [0, 0.05) is 17.9 Å². The number of nitrogens with two attached hydrogens (primary N) is 1. The zero-order valence-electron chi connectivity index (χ0n) is 11.7. The molecule has 0 aliphatic heterocycles. The number of carbonyl (C=O) groups is 1. The van der Waals surface area contributed by atoms with Gasteiger partial charge < -0.3 is 15.8 Å². The second kappa shape index (κ2) is 6.74. The Morgan fingerprint density at radius 3 is 2.81 bits per heavy atom. The third kappa shape index (κ3) is 3.95. The summed E-state index contributed by atoms with van der Waals surface area (Å²) in [7, 11) is 1.32. The first-order valence-electron chi connectivity index (χ1n) is 6.56. The lowest BCUT2D eigenvalue weighted by Crippen LogP contribution is -2.11. The third-order valence-corrected chi connectivity index (χ3v) is 3.07. The third-order valence-electron chi connectivity index (χ3n) is 3.07. The first-order chi connectivity index (χ1) is 10.1. The maximum Gasteiger partial charge on any atom is 0.340 e. The number of nitrogens with one attached hydrogen (secondary N) is 1. The fourth-order valence-corrected chi connectivity index (χ4v) is 2.03. The van der Waals surface area contributed by atoms with Crippen molar-refractivity contribution in [3.63, 3.8) is 0 Å². The summed E-state index contributed by atoms with van der Waals surface area (Å²) >= 11 is 0. The van der Waals surface area contributed by atoms with E-state index in [4.69, 9.17) is 10.5 Å². The van der Waals surface area contributed by atoms with Crippen LogP contribution in [0, 0.1) is 5.82 Å². The van der Waals surface area contributed by atoms with Crippen molar-refractivity contribution in [1.82, 2.24) is 0 Å². The average Bonchev–Trinajstić information content (AvgIpc) is 2.48. The number of rotatable bonds is 5. The molecule has 0 fully saturated rings. The largest absolute Gasteiger partial charge is 0.465 e. The fraction of sp³-hybridized carbons (Fsp3) is 0.188. The van der Waals surface area contributed by atoms with Crippen LogP contribution >= 0.6 is 0 Å². The van der Waals surface area contributed by atoms with Crippen molar-refractivity contribution < 1.29 is 13.9 Å². The normalized spacial score (nSPS) is 10.2. The number of halogens is 1. The highest BCUT2D eigenvalue weighted by Gasteiger charge is 2.11. The van der Waals surface area contributed by atoms with Crippen LogP contribution in [0.3, 0.4) is 0 Å². The topological polar surface area (TPSA) is 64.3 Å². The van der Waals surface area contributed by atoms with Crippen LogP contribution in [0.25, 0.3) is 0 Å². The molecule has 0 heterocycles. The summed E-state index contributed by atoms with van der Waals surface area (Å²) in [6, 6.07) is 11.4. The van der Waals surface area contributed by atoms with Crippen molar-refractivity contribution >= 4 is 17.3 Å². The van der Waals surface area contributed by atoms with Crippen LogP contribution in [0.15, 0.2) is 42.5 Å². The monoisotopic (exact) mass is 288 g/mol. The van der Waals surface area contributed by atoms with Gasteiger partial charge in [-0.3, -0.25) is 0 Å². The Labute approximate surface area is 122 Å². The van der Waals surface area contributed by atoms with E-state index in [2.05, 4.69) is 5.32 Å². The number of anilines is 2. The van der Waals surface area contributed by atoms with Crippen molar-refractivity contribution in [2.24, 2.45) is 0 Å². The van der Waals surface area contributed by atoms with Gasteiger partial charge in [-0.15, -0.1) is 0 Å². The molecule has 2 rings (SSSR count). The minimum absolute atomic E-state index is 0.254. The molecule has 2 aromatic carbocycles. The molecule has 0 aliphatic rings. The Morgan fingerprint density at radius 2 is 2.10 bits per heavy atom. The molecule has 0 radical (unpaired) electrons. The zero-order chi connectivity index (χ0) is 15.2. The number of hydrogen-bond acceptors (Lipinski definition) is 4. The molecule has 0 spiro atoms. The quantitative estimate of drug-likeness (QED) is 0.656. The van der Waals surface area contributed by atoms with Crippen LogP contribution in [0.1, 0.15) is 15.9 Å². The van der Waals surface area contributed by atoms with Crippen molar-refractivity contribution in [2.75, 3.05) is 24.7 Å². The van der Waals surface area contributed by atoms with Gasteiger partial charge in [-0.2, -0.15) is 0 Å². The summed E-state index contributed by atoms with van der Waals surface area (Å²) in [5, 5.41) is 3.14. The minimum Gasteiger partial charge on any atom is -0.465 e. The Bertz CT molecular complexity index is 644. The van der Waals surface area contributed by atoms with Gasteiger partial charge in [-0.25, -0.2) is 9.18 Å². The Balaban J connectivity index is 2.04. The summed E-state index contributed by atoms with van der Waals surface area (Å²) in [6.07, 6.45) is 0.642. The number of ether oxygens (including phenoxy) is 1. The van der Waals surface area contributed by atoms with Gasteiger partial charge in [-0.1, -0.05) is 12.1 Å². The molecule has 0 unspecified atom stereocenters. The highest BCUT2D eigenvalue weighted by molar-refractivity contribution is 5.96. The second-order valence-electron chi connectivity index (χ2n) is 4.60. The van der Waals surface area contributed by atoms with E-state index in [1.807, 2.05) is 6.07 Å². The summed E-state index contributed by atoms with van der Waals surface area (Å²) in [4.78, 5) is 11.7. The van der Waals surface area contributed by atoms with Crippen LogP contribution < -0.4 is 11.1 Å². The maximum absolute atomic E-state index is 13.1. The number of hydrogen-bond donors (Lipinski definition) is 2. The van der Waals surface area contributed by atoms with E-state index >= 15 is 0 Å². The summed E-state index contributed by atoms with van der Waals surface area (Å²) < 4.78 is 17.8. The van der Waals surface area contributed by atoms with Gasteiger partial charge >= 0.3 is 5.97 Å². The van der Waals surface area contributed by atoms with Crippen molar-refractivity contribution in [3.8, 4) is 0 Å². The van der Waals surface area contributed by atoms with E-state index in [0.29, 0.717) is 29.9 Å². The number of methoxy groups -OCH3 is 1. The molecule has 21 heavy (non-hydrogen) atoms. The van der Waals surface area contributed by atoms with Gasteiger partial charge in [0.15, 0.2) is 0 Å². The predicted molar refractivity (Wildman–Crippen MR) is 80.8 cm³/mol. The molecule has 0 aromatic heterocycles. The number of esters is 1. The van der Waals surface area contributed by atoms with Gasteiger partial charge in [-0.05, 0) is 42.3 Å². The molecule has 0 amide bonds. The van der Waals surface area contributed by atoms with Crippen molar-refractivity contribution in [1.29, 1.82) is 0 Å². The first-order valence-corrected chi connectivity index (χ1v) is 6.56. The standard InChI is InChI=1S/C16H17FN2O2/c1-21-16(20)14-10-13(18)5-6-15(14)19-8-7-11-3-2-4-12(17)9-11/h2-6,9-10,19H,7-8,18H2,1H3. The lowest BCUT2D eigenvalue weighted by molar-refractivity contribution is 0.0602. The molecule has 3 N–H and O–H groups in total. The molecule has 5 heteroatoms. The Kier molecular flexibility index (Phi) is 4.77. The van der Waals surface area contributed by atoms with Crippen LogP contribution in [-0.4, -0.2) is 19.6 Å². The molecule has 0 saturated carbocycles. The van der Waals surface area contributed by atoms with Crippen LogP contribution in [-0.2, 0) is 11.2 Å². The van der Waals surface area contributed by atoms with E-state index in [1.165, 1.54) is 19.2 Å². The smallest absolute Gasteiger partial charge is 0.340 e. The first kappa shape index (κ1) is 14.8. The Hall–Kier alpha value is -2.56. The predicted octanol–water partition coefficient (Wildman–Crippen LogP) is 2.85. The molecule has 2 aromatic rings. The minimum atomic E-state index is -0.449. The van der Waals surface area contributed by atoms with Crippen LogP contribution in [0.4, 0.5) is 15.8 Å². The average molecular weight is 288 g/mol. The van der Waals surface area contributed by atoms with Gasteiger partial charge in [0.2, 0.25) is 0 Å². The lowest BCUT2D eigenvalue weighted by Gasteiger charge is -2.11.